The van der Waals surface area contributed by atoms with E-state index < -0.39 is 15.3 Å². The van der Waals surface area contributed by atoms with Crippen molar-refractivity contribution < 1.29 is 17.9 Å². The lowest BCUT2D eigenvalue weighted by Gasteiger charge is -2.42. The van der Waals surface area contributed by atoms with Gasteiger partial charge in [0.2, 0.25) is 10.0 Å². The van der Waals surface area contributed by atoms with Crippen LogP contribution in [0.15, 0.2) is 65.8 Å². The molecule has 0 saturated carbocycles. The molecule has 3 heterocycles. The van der Waals surface area contributed by atoms with Crippen molar-refractivity contribution in [1.29, 1.82) is 5.26 Å². The molecule has 0 unspecified atom stereocenters. The molecular formula is C25H22N4O4S2. The molecule has 0 bridgehead atoms. The van der Waals surface area contributed by atoms with Gasteiger partial charge in [0.1, 0.15) is 11.0 Å². The number of hydrogen-bond donors (Lipinski definition) is 0. The standard InChI is InChI=1S/C25H22N4O4S2/c1-33-20-4-2-3-19(11-20)25(30)28-15-21(16-28)35(31,32)29-9-10-34-24-22(13-27-14-23(24)29)18-7-5-17(12-26)6-8-18/h2-8,11,13-14,21H,9-10,15-16H2,1H3. The predicted molar refractivity (Wildman–Crippen MR) is 134 cm³/mol. The molecule has 2 aliphatic heterocycles. The predicted octanol–water partition coefficient (Wildman–Crippen LogP) is 3.40. The van der Waals surface area contributed by atoms with E-state index in [9.17, 15) is 13.2 Å². The molecule has 2 aromatic carbocycles. The van der Waals surface area contributed by atoms with Gasteiger partial charge in [0.25, 0.3) is 5.91 Å². The summed E-state index contributed by atoms with van der Waals surface area (Å²) in [5, 5.41) is 8.39. The summed E-state index contributed by atoms with van der Waals surface area (Å²) < 4.78 is 33.7. The Kier molecular flexibility index (Phi) is 6.13. The molecule has 178 valence electrons. The molecule has 1 fully saturated rings. The van der Waals surface area contributed by atoms with E-state index in [1.54, 1.807) is 65.5 Å². The van der Waals surface area contributed by atoms with Crippen LogP contribution in [0.1, 0.15) is 15.9 Å². The summed E-state index contributed by atoms with van der Waals surface area (Å²) in [4.78, 5) is 19.5. The van der Waals surface area contributed by atoms with Crippen LogP contribution in [0, 0.1) is 11.3 Å². The highest BCUT2D eigenvalue weighted by Gasteiger charge is 2.44. The lowest BCUT2D eigenvalue weighted by atomic mass is 10.1. The molecule has 2 aliphatic rings. The Balaban J connectivity index is 1.37. The number of rotatable bonds is 5. The lowest BCUT2D eigenvalue weighted by molar-refractivity contribution is 0.0658. The highest BCUT2D eigenvalue weighted by atomic mass is 32.2. The van der Waals surface area contributed by atoms with Crippen molar-refractivity contribution in [2.24, 2.45) is 0 Å². The van der Waals surface area contributed by atoms with Gasteiger partial charge >= 0.3 is 0 Å². The molecule has 1 amide bonds. The molecule has 1 aromatic heterocycles. The number of benzene rings is 2. The molecule has 35 heavy (non-hydrogen) atoms. The van der Waals surface area contributed by atoms with Crippen LogP contribution in [0.25, 0.3) is 11.1 Å². The molecule has 3 aromatic rings. The van der Waals surface area contributed by atoms with E-state index >= 15 is 0 Å². The molecule has 0 spiro atoms. The zero-order valence-electron chi connectivity index (χ0n) is 18.9. The van der Waals surface area contributed by atoms with Crippen molar-refractivity contribution in [3.8, 4) is 22.9 Å². The number of pyridine rings is 1. The van der Waals surface area contributed by atoms with Crippen LogP contribution in [-0.2, 0) is 10.0 Å². The summed E-state index contributed by atoms with van der Waals surface area (Å²) in [6.45, 7) is 0.624. The number of methoxy groups -OCH3 is 1. The number of thioether (sulfide) groups is 1. The number of likely N-dealkylation sites (tertiary alicyclic amines) is 1. The van der Waals surface area contributed by atoms with Crippen LogP contribution in [-0.4, -0.2) is 62.0 Å². The maximum absolute atomic E-state index is 13.6. The minimum Gasteiger partial charge on any atom is -0.497 e. The zero-order valence-corrected chi connectivity index (χ0v) is 20.6. The summed E-state index contributed by atoms with van der Waals surface area (Å²) in [5.41, 5.74) is 3.29. The Morgan fingerprint density at radius 2 is 1.94 bits per heavy atom. The summed E-state index contributed by atoms with van der Waals surface area (Å²) in [5.74, 6) is 0.974. The molecular weight excluding hydrogens is 484 g/mol. The Hall–Kier alpha value is -3.55. The Labute approximate surface area is 208 Å². The fourth-order valence-corrected chi connectivity index (χ4v) is 7.37. The first-order valence-corrected chi connectivity index (χ1v) is 13.5. The zero-order chi connectivity index (χ0) is 24.6. The van der Waals surface area contributed by atoms with Crippen LogP contribution in [0.4, 0.5) is 5.69 Å². The van der Waals surface area contributed by atoms with Gasteiger partial charge in [-0.2, -0.15) is 5.26 Å². The highest BCUT2D eigenvalue weighted by Crippen LogP contribution is 2.43. The van der Waals surface area contributed by atoms with Crippen molar-refractivity contribution in [3.05, 3.63) is 72.1 Å². The average Bonchev–Trinajstić information content (AvgIpc) is 2.87. The maximum Gasteiger partial charge on any atom is 0.254 e. The second-order valence-electron chi connectivity index (χ2n) is 8.25. The normalized spacial score (nSPS) is 15.7. The van der Waals surface area contributed by atoms with Crippen molar-refractivity contribution in [1.82, 2.24) is 9.88 Å². The van der Waals surface area contributed by atoms with Gasteiger partial charge in [-0.3, -0.25) is 14.1 Å². The fraction of sp³-hybridized carbons (Fsp3) is 0.240. The van der Waals surface area contributed by atoms with Crippen molar-refractivity contribution in [3.63, 3.8) is 0 Å². The van der Waals surface area contributed by atoms with E-state index in [4.69, 9.17) is 10.00 Å². The second-order valence-corrected chi connectivity index (χ2v) is 11.5. The SMILES string of the molecule is COc1cccc(C(=O)N2CC(S(=O)(=O)N3CCSc4c(-c5ccc(C#N)cc5)cncc43)C2)c1. The van der Waals surface area contributed by atoms with Gasteiger partial charge in [0.05, 0.1) is 30.6 Å². The van der Waals surface area contributed by atoms with Gasteiger partial charge in [0.15, 0.2) is 0 Å². The number of hydrogen-bond acceptors (Lipinski definition) is 7. The number of carbonyl (C=O) groups excluding carboxylic acids is 1. The first kappa shape index (κ1) is 23.2. The maximum atomic E-state index is 13.6. The number of sulfonamides is 1. The van der Waals surface area contributed by atoms with E-state index in [1.165, 1.54) is 11.4 Å². The van der Waals surface area contributed by atoms with E-state index in [0.717, 1.165) is 16.0 Å². The van der Waals surface area contributed by atoms with E-state index in [2.05, 4.69) is 11.1 Å². The van der Waals surface area contributed by atoms with Gasteiger partial charge in [-0.15, -0.1) is 11.8 Å². The summed E-state index contributed by atoms with van der Waals surface area (Å²) in [6.07, 6.45) is 3.31. The summed E-state index contributed by atoms with van der Waals surface area (Å²) in [6, 6.07) is 16.1. The number of carbonyl (C=O) groups is 1. The van der Waals surface area contributed by atoms with Gasteiger partial charge < -0.3 is 9.64 Å². The lowest BCUT2D eigenvalue weighted by Crippen LogP contribution is -2.60. The van der Waals surface area contributed by atoms with E-state index in [-0.39, 0.29) is 19.0 Å². The van der Waals surface area contributed by atoms with E-state index in [0.29, 0.717) is 34.9 Å². The van der Waals surface area contributed by atoms with Gasteiger partial charge in [-0.1, -0.05) is 18.2 Å². The number of ether oxygens (including phenoxy) is 1. The van der Waals surface area contributed by atoms with Crippen molar-refractivity contribution in [2.75, 3.05) is 36.8 Å². The first-order chi connectivity index (χ1) is 16.9. The second kappa shape index (κ2) is 9.24. The summed E-state index contributed by atoms with van der Waals surface area (Å²) >= 11 is 1.60. The van der Waals surface area contributed by atoms with Crippen LogP contribution >= 0.6 is 11.8 Å². The Morgan fingerprint density at radius 1 is 1.17 bits per heavy atom. The number of nitrogens with zero attached hydrogens (tertiary/aromatic N) is 4. The van der Waals surface area contributed by atoms with Crippen LogP contribution in [0.3, 0.4) is 0 Å². The minimum atomic E-state index is -3.69. The molecule has 0 radical (unpaired) electrons. The molecule has 0 atom stereocenters. The van der Waals surface area contributed by atoms with Gasteiger partial charge in [-0.05, 0) is 35.9 Å². The van der Waals surface area contributed by atoms with Crippen LogP contribution in [0.5, 0.6) is 5.75 Å². The molecule has 0 N–H and O–H groups in total. The molecule has 10 heteroatoms. The number of aromatic nitrogens is 1. The average molecular weight is 507 g/mol. The number of anilines is 1. The van der Waals surface area contributed by atoms with Gasteiger partial charge in [-0.25, -0.2) is 8.42 Å². The quantitative estimate of drug-likeness (QED) is 0.522. The van der Waals surface area contributed by atoms with Gasteiger partial charge in [0, 0.05) is 47.6 Å². The molecule has 5 rings (SSSR count). The Morgan fingerprint density at radius 3 is 2.66 bits per heavy atom. The molecule has 1 saturated heterocycles. The third-order valence-electron chi connectivity index (χ3n) is 6.19. The largest absolute Gasteiger partial charge is 0.497 e. The van der Waals surface area contributed by atoms with Crippen molar-refractivity contribution in [2.45, 2.75) is 10.1 Å². The third kappa shape index (κ3) is 4.22. The first-order valence-electron chi connectivity index (χ1n) is 11.0. The van der Waals surface area contributed by atoms with E-state index in [1.807, 2.05) is 12.1 Å². The van der Waals surface area contributed by atoms with Crippen LogP contribution < -0.4 is 9.04 Å². The van der Waals surface area contributed by atoms with Crippen LogP contribution in [0.2, 0.25) is 0 Å². The number of amides is 1. The Bertz CT molecular complexity index is 1430. The summed E-state index contributed by atoms with van der Waals surface area (Å²) in [7, 11) is -2.16. The molecule has 0 aliphatic carbocycles. The fourth-order valence-electron chi connectivity index (χ4n) is 4.22. The highest BCUT2D eigenvalue weighted by molar-refractivity contribution is 8.00. The monoisotopic (exact) mass is 506 g/mol. The number of nitriles is 1. The number of fused-ring (bicyclic) bond motifs is 1. The minimum absolute atomic E-state index is 0.139. The van der Waals surface area contributed by atoms with Crippen molar-refractivity contribution >= 4 is 33.4 Å². The topological polar surface area (TPSA) is 104 Å². The third-order valence-corrected chi connectivity index (χ3v) is 9.43. The smallest absolute Gasteiger partial charge is 0.254 e. The molecule has 8 nitrogen and oxygen atoms in total.